The molecule has 1 heterocycles. The molecule has 3 N–H and O–H groups in total. The molecule has 5 nitrogen and oxygen atoms in total. The van der Waals surface area contributed by atoms with Crippen LogP contribution in [-0.2, 0) is 6.42 Å². The lowest BCUT2D eigenvalue weighted by atomic mass is 10.0. The number of para-hydroxylation sites is 1. The summed E-state index contributed by atoms with van der Waals surface area (Å²) in [5.74, 6) is -0.248. The summed E-state index contributed by atoms with van der Waals surface area (Å²) < 4.78 is 0. The molecule has 0 saturated heterocycles. The number of rotatable bonds is 4. The largest absolute Gasteiger partial charge is 0.382 e. The molecule has 114 valence electrons. The van der Waals surface area contributed by atoms with E-state index in [1.165, 1.54) is 18.0 Å². The van der Waals surface area contributed by atoms with E-state index < -0.39 is 0 Å². The zero-order chi connectivity index (χ0) is 16.1. The lowest BCUT2D eigenvalue weighted by molar-refractivity contribution is 0.102. The van der Waals surface area contributed by atoms with Crippen LogP contribution in [0.5, 0.6) is 0 Å². The van der Waals surface area contributed by atoms with Gasteiger partial charge in [-0.3, -0.25) is 4.79 Å². The molecule has 0 spiro atoms. The minimum atomic E-state index is -0.365. The maximum absolute atomic E-state index is 12.3. The third-order valence-corrected chi connectivity index (χ3v) is 3.44. The van der Waals surface area contributed by atoms with Crippen LogP contribution in [0.3, 0.4) is 0 Å². The molecule has 0 atom stereocenters. The third-order valence-electron chi connectivity index (χ3n) is 3.44. The van der Waals surface area contributed by atoms with E-state index in [1.807, 2.05) is 42.5 Å². The summed E-state index contributed by atoms with van der Waals surface area (Å²) in [6, 6.07) is 17.8. The van der Waals surface area contributed by atoms with Gasteiger partial charge in [-0.05, 0) is 23.6 Å². The molecule has 3 aromatic rings. The van der Waals surface area contributed by atoms with Gasteiger partial charge in [0.15, 0.2) is 11.5 Å². The molecule has 0 radical (unpaired) electrons. The Morgan fingerprint density at radius 1 is 0.957 bits per heavy atom. The fourth-order valence-electron chi connectivity index (χ4n) is 2.32. The van der Waals surface area contributed by atoms with Gasteiger partial charge in [0.2, 0.25) is 0 Å². The normalized spacial score (nSPS) is 10.3. The second-order valence-corrected chi connectivity index (χ2v) is 5.06. The molecular formula is C18H16N4O. The van der Waals surface area contributed by atoms with Gasteiger partial charge < -0.3 is 11.1 Å². The van der Waals surface area contributed by atoms with Crippen LogP contribution in [0.2, 0.25) is 0 Å². The Morgan fingerprint density at radius 2 is 1.65 bits per heavy atom. The van der Waals surface area contributed by atoms with Crippen molar-refractivity contribution in [2.75, 3.05) is 11.1 Å². The number of aromatic nitrogens is 2. The number of carbonyl (C=O) groups is 1. The van der Waals surface area contributed by atoms with Gasteiger partial charge in [0.25, 0.3) is 5.91 Å². The molecule has 2 aromatic carbocycles. The van der Waals surface area contributed by atoms with Crippen LogP contribution in [0.4, 0.5) is 11.5 Å². The Morgan fingerprint density at radius 3 is 2.43 bits per heavy atom. The number of hydrogen-bond donors (Lipinski definition) is 2. The molecule has 3 rings (SSSR count). The van der Waals surface area contributed by atoms with E-state index in [0.717, 1.165) is 17.7 Å². The Bertz CT molecular complexity index is 818. The maximum atomic E-state index is 12.3. The maximum Gasteiger partial charge on any atom is 0.278 e. The summed E-state index contributed by atoms with van der Waals surface area (Å²) in [5.41, 5.74) is 8.77. The second-order valence-electron chi connectivity index (χ2n) is 5.06. The molecule has 0 aliphatic heterocycles. The van der Waals surface area contributed by atoms with Crippen molar-refractivity contribution in [1.29, 1.82) is 0 Å². The van der Waals surface area contributed by atoms with Gasteiger partial charge >= 0.3 is 0 Å². The molecule has 1 aromatic heterocycles. The van der Waals surface area contributed by atoms with E-state index in [1.54, 1.807) is 0 Å². The summed E-state index contributed by atoms with van der Waals surface area (Å²) in [7, 11) is 0. The predicted molar refractivity (Wildman–Crippen MR) is 90.1 cm³/mol. The lowest BCUT2D eigenvalue weighted by Crippen LogP contribution is -2.17. The lowest BCUT2D eigenvalue weighted by Gasteiger charge is -2.11. The van der Waals surface area contributed by atoms with Gasteiger partial charge in [-0.25, -0.2) is 9.97 Å². The van der Waals surface area contributed by atoms with Crippen LogP contribution in [0, 0.1) is 0 Å². The van der Waals surface area contributed by atoms with Gasteiger partial charge in [0.1, 0.15) is 0 Å². The minimum Gasteiger partial charge on any atom is -0.382 e. The summed E-state index contributed by atoms with van der Waals surface area (Å²) in [6.45, 7) is 0. The van der Waals surface area contributed by atoms with E-state index in [-0.39, 0.29) is 17.4 Å². The fourth-order valence-corrected chi connectivity index (χ4v) is 2.32. The highest BCUT2D eigenvalue weighted by atomic mass is 16.1. The van der Waals surface area contributed by atoms with Gasteiger partial charge in [-0.15, -0.1) is 0 Å². The van der Waals surface area contributed by atoms with Crippen molar-refractivity contribution < 1.29 is 4.79 Å². The Labute approximate surface area is 134 Å². The first-order valence-corrected chi connectivity index (χ1v) is 7.23. The molecular weight excluding hydrogens is 288 g/mol. The number of anilines is 2. The minimum absolute atomic E-state index is 0.116. The van der Waals surface area contributed by atoms with Crippen molar-refractivity contribution in [3.05, 3.63) is 83.8 Å². The molecule has 0 aliphatic rings. The van der Waals surface area contributed by atoms with Gasteiger partial charge in [-0.2, -0.15) is 0 Å². The van der Waals surface area contributed by atoms with E-state index in [2.05, 4.69) is 27.4 Å². The fraction of sp³-hybridized carbons (Fsp3) is 0.0556. The van der Waals surface area contributed by atoms with Crippen molar-refractivity contribution in [3.63, 3.8) is 0 Å². The summed E-state index contributed by atoms with van der Waals surface area (Å²) in [5, 5.41) is 2.87. The Kier molecular flexibility index (Phi) is 4.29. The first-order valence-electron chi connectivity index (χ1n) is 7.23. The van der Waals surface area contributed by atoms with Gasteiger partial charge in [-0.1, -0.05) is 48.5 Å². The first kappa shape index (κ1) is 14.7. The molecule has 0 bridgehead atoms. The van der Waals surface area contributed by atoms with Crippen LogP contribution in [0.1, 0.15) is 21.6 Å². The quantitative estimate of drug-likeness (QED) is 0.776. The highest BCUT2D eigenvalue weighted by Gasteiger charge is 2.13. The summed E-state index contributed by atoms with van der Waals surface area (Å²) in [6.07, 6.45) is 3.63. The van der Waals surface area contributed by atoms with Crippen molar-refractivity contribution in [2.45, 2.75) is 6.42 Å². The Hall–Kier alpha value is -3.21. The summed E-state index contributed by atoms with van der Waals surface area (Å²) >= 11 is 0. The van der Waals surface area contributed by atoms with Gasteiger partial charge in [0, 0.05) is 18.1 Å². The highest BCUT2D eigenvalue weighted by molar-refractivity contribution is 6.06. The average molecular weight is 304 g/mol. The van der Waals surface area contributed by atoms with Crippen LogP contribution in [-0.4, -0.2) is 15.9 Å². The monoisotopic (exact) mass is 304 g/mol. The zero-order valence-electron chi connectivity index (χ0n) is 12.4. The topological polar surface area (TPSA) is 80.9 Å². The number of benzene rings is 2. The molecule has 0 saturated carbocycles. The molecule has 0 unspecified atom stereocenters. The number of amides is 1. The second kappa shape index (κ2) is 6.70. The van der Waals surface area contributed by atoms with Crippen molar-refractivity contribution >= 4 is 17.4 Å². The van der Waals surface area contributed by atoms with Crippen molar-refractivity contribution in [1.82, 2.24) is 9.97 Å². The average Bonchev–Trinajstić information content (AvgIpc) is 2.58. The summed E-state index contributed by atoms with van der Waals surface area (Å²) in [4.78, 5) is 20.2. The molecule has 0 fully saturated rings. The van der Waals surface area contributed by atoms with E-state index in [0.29, 0.717) is 0 Å². The molecule has 23 heavy (non-hydrogen) atoms. The van der Waals surface area contributed by atoms with Crippen LogP contribution >= 0.6 is 0 Å². The van der Waals surface area contributed by atoms with E-state index >= 15 is 0 Å². The number of nitrogen functional groups attached to an aromatic ring is 1. The third kappa shape index (κ3) is 3.52. The number of nitrogens with zero attached hydrogens (tertiary/aromatic N) is 2. The number of nitrogens with one attached hydrogen (secondary N) is 1. The van der Waals surface area contributed by atoms with Crippen LogP contribution in [0.25, 0.3) is 0 Å². The molecule has 1 amide bonds. The standard InChI is InChI=1S/C18H16N4O/c19-17-16(20-10-11-21-17)18(23)22-15-9-5-4-8-14(15)12-13-6-2-1-3-7-13/h1-11H,12H2,(H2,19,21)(H,22,23). The number of carbonyl (C=O) groups excluding carboxylic acids is 1. The van der Waals surface area contributed by atoms with Crippen molar-refractivity contribution in [2.24, 2.45) is 0 Å². The van der Waals surface area contributed by atoms with E-state index in [9.17, 15) is 4.79 Å². The SMILES string of the molecule is Nc1nccnc1C(=O)Nc1ccccc1Cc1ccccc1. The van der Waals surface area contributed by atoms with E-state index in [4.69, 9.17) is 5.73 Å². The number of nitrogens with two attached hydrogens (primary N) is 1. The first-order chi connectivity index (χ1) is 11.2. The smallest absolute Gasteiger partial charge is 0.278 e. The highest BCUT2D eigenvalue weighted by Crippen LogP contribution is 2.20. The number of hydrogen-bond acceptors (Lipinski definition) is 4. The molecule has 0 aliphatic carbocycles. The van der Waals surface area contributed by atoms with Crippen molar-refractivity contribution in [3.8, 4) is 0 Å². The van der Waals surface area contributed by atoms with Gasteiger partial charge in [0.05, 0.1) is 0 Å². The Balaban J connectivity index is 1.84. The van der Waals surface area contributed by atoms with Crippen LogP contribution in [0.15, 0.2) is 67.0 Å². The van der Waals surface area contributed by atoms with Crippen LogP contribution < -0.4 is 11.1 Å². The molecule has 5 heteroatoms. The zero-order valence-corrected chi connectivity index (χ0v) is 12.4. The predicted octanol–water partition coefficient (Wildman–Crippen LogP) is 2.90.